The van der Waals surface area contributed by atoms with E-state index >= 15 is 0 Å². The van der Waals surface area contributed by atoms with Gasteiger partial charge in [0.25, 0.3) is 5.91 Å². The molecule has 1 aromatic rings. The van der Waals surface area contributed by atoms with Crippen LogP contribution in [0.25, 0.3) is 0 Å². The first-order chi connectivity index (χ1) is 9.15. The lowest BCUT2D eigenvalue weighted by Crippen LogP contribution is -2.38. The third kappa shape index (κ3) is 3.68. The molecule has 6 heteroatoms. The lowest BCUT2D eigenvalue weighted by atomic mass is 9.78. The number of nitrogens with zero attached hydrogens (tertiary/aromatic N) is 2. The van der Waals surface area contributed by atoms with Crippen LogP contribution in [0.15, 0.2) is 18.5 Å². The van der Waals surface area contributed by atoms with Crippen molar-refractivity contribution in [3.05, 3.63) is 29.6 Å². The van der Waals surface area contributed by atoms with E-state index in [0.29, 0.717) is 17.4 Å². The first kappa shape index (κ1) is 18.2. The van der Waals surface area contributed by atoms with Gasteiger partial charge in [0.2, 0.25) is 0 Å². The van der Waals surface area contributed by atoms with E-state index in [9.17, 15) is 4.79 Å². The van der Waals surface area contributed by atoms with Crippen molar-refractivity contribution in [2.45, 2.75) is 32.2 Å². The number of pyridine rings is 1. The Hall–Kier alpha value is -0.840. The van der Waals surface area contributed by atoms with Gasteiger partial charge in [0.15, 0.2) is 0 Å². The average Bonchev–Trinajstić information content (AvgIpc) is 2.83. The molecule has 118 valence electrons. The van der Waals surface area contributed by atoms with Crippen molar-refractivity contribution >= 4 is 30.7 Å². The molecule has 0 radical (unpaired) electrons. The smallest absolute Gasteiger partial charge is 0.255 e. The molecule has 1 saturated heterocycles. The number of carbonyl (C=O) groups excluding carboxylic acids is 1. The topological polar surface area (TPSA) is 59.2 Å². The van der Waals surface area contributed by atoms with Crippen molar-refractivity contribution in [3.8, 4) is 0 Å². The van der Waals surface area contributed by atoms with Crippen molar-refractivity contribution < 1.29 is 4.79 Å². The molecule has 3 unspecified atom stereocenters. The molecular formula is C15H23Cl2N3O. The minimum absolute atomic E-state index is 0. The van der Waals surface area contributed by atoms with Crippen LogP contribution in [-0.2, 0) is 0 Å². The summed E-state index contributed by atoms with van der Waals surface area (Å²) in [6, 6.07) is 2.18. The number of aryl methyl sites for hydroxylation is 1. The van der Waals surface area contributed by atoms with Crippen LogP contribution in [0.1, 0.15) is 35.2 Å². The maximum atomic E-state index is 12.5. The van der Waals surface area contributed by atoms with Gasteiger partial charge >= 0.3 is 0 Å². The largest absolute Gasteiger partial charge is 0.338 e. The maximum absolute atomic E-state index is 12.5. The van der Waals surface area contributed by atoms with E-state index in [4.69, 9.17) is 5.73 Å². The number of fused-ring (bicyclic) bond motifs is 1. The van der Waals surface area contributed by atoms with Crippen molar-refractivity contribution in [1.29, 1.82) is 0 Å². The standard InChI is InChI=1S/C15H21N3O.2ClH/c1-10-5-12(7-17-6-10)15(19)18-8-11-3-2-4-14(16)13(11)9-18;;/h5-7,11,13-14H,2-4,8-9,16H2,1H3;2*1H. The van der Waals surface area contributed by atoms with Crippen LogP contribution in [0.4, 0.5) is 0 Å². The van der Waals surface area contributed by atoms with E-state index in [0.717, 1.165) is 25.1 Å². The van der Waals surface area contributed by atoms with E-state index in [1.165, 1.54) is 12.8 Å². The Bertz CT molecular complexity index is 498. The fourth-order valence-electron chi connectivity index (χ4n) is 3.54. The lowest BCUT2D eigenvalue weighted by molar-refractivity contribution is 0.0783. The number of amides is 1. The molecule has 0 aromatic carbocycles. The zero-order valence-corrected chi connectivity index (χ0v) is 13.8. The number of likely N-dealkylation sites (tertiary alicyclic amines) is 1. The van der Waals surface area contributed by atoms with Crippen LogP contribution in [0.5, 0.6) is 0 Å². The maximum Gasteiger partial charge on any atom is 0.255 e. The Morgan fingerprint density at radius 2 is 2.05 bits per heavy atom. The molecule has 3 atom stereocenters. The van der Waals surface area contributed by atoms with Crippen molar-refractivity contribution in [2.24, 2.45) is 17.6 Å². The molecule has 2 N–H and O–H groups in total. The van der Waals surface area contributed by atoms with Crippen LogP contribution in [0.2, 0.25) is 0 Å². The zero-order chi connectivity index (χ0) is 13.4. The van der Waals surface area contributed by atoms with Gasteiger partial charge in [-0.3, -0.25) is 9.78 Å². The fraction of sp³-hybridized carbons (Fsp3) is 0.600. The molecular weight excluding hydrogens is 309 g/mol. The number of hydrogen-bond donors (Lipinski definition) is 1. The number of carbonyl (C=O) groups is 1. The Morgan fingerprint density at radius 1 is 1.29 bits per heavy atom. The number of rotatable bonds is 1. The van der Waals surface area contributed by atoms with Gasteiger partial charge in [0.1, 0.15) is 0 Å². The van der Waals surface area contributed by atoms with Crippen molar-refractivity contribution in [3.63, 3.8) is 0 Å². The molecule has 1 aliphatic carbocycles. The molecule has 1 saturated carbocycles. The molecule has 0 bridgehead atoms. The molecule has 3 rings (SSSR count). The second-order valence-electron chi connectivity index (χ2n) is 5.98. The molecule has 4 nitrogen and oxygen atoms in total. The summed E-state index contributed by atoms with van der Waals surface area (Å²) in [5.41, 5.74) is 7.92. The molecule has 2 fully saturated rings. The SMILES string of the molecule is Cc1cncc(C(=O)N2CC3CCCC(N)C3C2)c1.Cl.Cl. The molecule has 21 heavy (non-hydrogen) atoms. The number of hydrogen-bond acceptors (Lipinski definition) is 3. The quantitative estimate of drug-likeness (QED) is 0.859. The van der Waals surface area contributed by atoms with Crippen LogP contribution < -0.4 is 5.73 Å². The third-order valence-corrected chi connectivity index (χ3v) is 4.56. The molecule has 1 amide bonds. The van der Waals surface area contributed by atoms with E-state index < -0.39 is 0 Å². The van der Waals surface area contributed by atoms with Crippen LogP contribution in [-0.4, -0.2) is 34.9 Å². The van der Waals surface area contributed by atoms with Crippen molar-refractivity contribution in [1.82, 2.24) is 9.88 Å². The highest BCUT2D eigenvalue weighted by atomic mass is 35.5. The normalized spacial score (nSPS) is 27.3. The van der Waals surface area contributed by atoms with Gasteiger partial charge in [0.05, 0.1) is 5.56 Å². The van der Waals surface area contributed by atoms with E-state index in [-0.39, 0.29) is 36.8 Å². The highest BCUT2D eigenvalue weighted by Crippen LogP contribution is 2.35. The second-order valence-corrected chi connectivity index (χ2v) is 5.98. The van der Waals surface area contributed by atoms with E-state index in [1.54, 1.807) is 12.4 Å². The van der Waals surface area contributed by atoms with Crippen LogP contribution >= 0.6 is 24.8 Å². The van der Waals surface area contributed by atoms with Gasteiger partial charge < -0.3 is 10.6 Å². The first-order valence-corrected chi connectivity index (χ1v) is 7.11. The van der Waals surface area contributed by atoms with Gasteiger partial charge in [-0.05, 0) is 43.2 Å². The number of nitrogens with two attached hydrogens (primary N) is 1. The summed E-state index contributed by atoms with van der Waals surface area (Å²) in [4.78, 5) is 18.6. The van der Waals surface area contributed by atoms with Gasteiger partial charge in [-0.2, -0.15) is 0 Å². The summed E-state index contributed by atoms with van der Waals surface area (Å²) in [6.07, 6.45) is 6.97. The summed E-state index contributed by atoms with van der Waals surface area (Å²) in [5, 5.41) is 0. The fourth-order valence-corrected chi connectivity index (χ4v) is 3.54. The van der Waals surface area contributed by atoms with Gasteiger partial charge in [-0.1, -0.05) is 6.42 Å². The monoisotopic (exact) mass is 331 g/mol. The number of halogens is 2. The minimum atomic E-state index is 0. The third-order valence-electron chi connectivity index (χ3n) is 4.56. The summed E-state index contributed by atoms with van der Waals surface area (Å²) in [5.74, 6) is 1.21. The van der Waals surface area contributed by atoms with E-state index in [2.05, 4.69) is 4.98 Å². The summed E-state index contributed by atoms with van der Waals surface area (Å²) < 4.78 is 0. The zero-order valence-electron chi connectivity index (χ0n) is 12.2. The highest BCUT2D eigenvalue weighted by molar-refractivity contribution is 5.94. The average molecular weight is 332 g/mol. The molecule has 0 spiro atoms. The lowest BCUT2D eigenvalue weighted by Gasteiger charge is -2.29. The van der Waals surface area contributed by atoms with Crippen LogP contribution in [0, 0.1) is 18.8 Å². The van der Waals surface area contributed by atoms with Gasteiger partial charge in [-0.15, -0.1) is 24.8 Å². The Morgan fingerprint density at radius 3 is 2.71 bits per heavy atom. The van der Waals surface area contributed by atoms with Gasteiger partial charge in [0, 0.05) is 31.5 Å². The Balaban J connectivity index is 0.00000110. The molecule has 1 aromatic heterocycles. The Kier molecular flexibility index (Phi) is 6.44. The molecule has 2 heterocycles. The highest BCUT2D eigenvalue weighted by Gasteiger charge is 2.40. The van der Waals surface area contributed by atoms with Crippen LogP contribution in [0.3, 0.4) is 0 Å². The van der Waals surface area contributed by atoms with E-state index in [1.807, 2.05) is 17.9 Å². The summed E-state index contributed by atoms with van der Waals surface area (Å²) in [7, 11) is 0. The molecule has 2 aliphatic rings. The van der Waals surface area contributed by atoms with Crippen molar-refractivity contribution in [2.75, 3.05) is 13.1 Å². The predicted molar refractivity (Wildman–Crippen MR) is 88.2 cm³/mol. The number of aromatic nitrogens is 1. The summed E-state index contributed by atoms with van der Waals surface area (Å²) >= 11 is 0. The second kappa shape index (κ2) is 7.43. The predicted octanol–water partition coefficient (Wildman–Crippen LogP) is 2.43. The molecule has 1 aliphatic heterocycles. The summed E-state index contributed by atoms with van der Waals surface area (Å²) in [6.45, 7) is 3.65. The first-order valence-electron chi connectivity index (χ1n) is 7.11. The van der Waals surface area contributed by atoms with Gasteiger partial charge in [-0.25, -0.2) is 0 Å². The Labute approximate surface area is 138 Å². The minimum Gasteiger partial charge on any atom is -0.338 e.